The average molecular weight is 251 g/mol. The summed E-state index contributed by atoms with van der Waals surface area (Å²) in [4.78, 5) is 21.6. The SMILES string of the molecule is CCCNc1cc(N(CC)CC(=O)NC)ncn1. The van der Waals surface area contributed by atoms with Gasteiger partial charge in [-0.05, 0) is 13.3 Å². The molecule has 1 aromatic heterocycles. The third-order valence-electron chi connectivity index (χ3n) is 2.53. The largest absolute Gasteiger partial charge is 0.370 e. The van der Waals surface area contributed by atoms with Crippen LogP contribution in [-0.4, -0.2) is 42.6 Å². The average Bonchev–Trinajstić information content (AvgIpc) is 2.42. The van der Waals surface area contributed by atoms with Crippen LogP contribution >= 0.6 is 0 Å². The highest BCUT2D eigenvalue weighted by Gasteiger charge is 2.10. The first-order valence-corrected chi connectivity index (χ1v) is 6.22. The molecule has 100 valence electrons. The van der Waals surface area contributed by atoms with E-state index < -0.39 is 0 Å². The summed E-state index contributed by atoms with van der Waals surface area (Å²) in [7, 11) is 1.63. The van der Waals surface area contributed by atoms with Crippen LogP contribution in [0.2, 0.25) is 0 Å². The van der Waals surface area contributed by atoms with Crippen LogP contribution in [0.15, 0.2) is 12.4 Å². The summed E-state index contributed by atoms with van der Waals surface area (Å²) in [6.45, 7) is 5.98. The lowest BCUT2D eigenvalue weighted by Crippen LogP contribution is -2.36. The topological polar surface area (TPSA) is 70.2 Å². The number of nitrogens with zero attached hydrogens (tertiary/aromatic N) is 3. The second-order valence-corrected chi connectivity index (χ2v) is 3.88. The Morgan fingerprint density at radius 2 is 2.17 bits per heavy atom. The highest BCUT2D eigenvalue weighted by molar-refractivity contribution is 5.80. The Hall–Kier alpha value is -1.85. The van der Waals surface area contributed by atoms with Crippen LogP contribution < -0.4 is 15.5 Å². The van der Waals surface area contributed by atoms with Crippen LogP contribution in [0.25, 0.3) is 0 Å². The molecule has 1 heterocycles. The molecule has 18 heavy (non-hydrogen) atoms. The molecule has 0 aliphatic carbocycles. The predicted molar refractivity (Wildman–Crippen MR) is 72.8 cm³/mol. The predicted octanol–water partition coefficient (Wildman–Crippen LogP) is 0.871. The van der Waals surface area contributed by atoms with E-state index in [1.807, 2.05) is 17.9 Å². The van der Waals surface area contributed by atoms with Gasteiger partial charge < -0.3 is 15.5 Å². The van der Waals surface area contributed by atoms with Crippen LogP contribution in [0.1, 0.15) is 20.3 Å². The Labute approximate surface area is 108 Å². The summed E-state index contributed by atoms with van der Waals surface area (Å²) in [6, 6.07) is 1.86. The van der Waals surface area contributed by atoms with Gasteiger partial charge in [0.05, 0.1) is 6.54 Å². The summed E-state index contributed by atoms with van der Waals surface area (Å²) < 4.78 is 0. The first-order valence-electron chi connectivity index (χ1n) is 6.22. The Morgan fingerprint density at radius 1 is 1.39 bits per heavy atom. The Balaban J connectivity index is 2.75. The van der Waals surface area contributed by atoms with Crippen molar-refractivity contribution >= 4 is 17.5 Å². The molecule has 2 N–H and O–H groups in total. The first-order chi connectivity index (χ1) is 8.71. The molecule has 0 aliphatic rings. The van der Waals surface area contributed by atoms with Gasteiger partial charge in [0.15, 0.2) is 0 Å². The van der Waals surface area contributed by atoms with Gasteiger partial charge in [0.25, 0.3) is 0 Å². The molecule has 1 amide bonds. The molecule has 0 unspecified atom stereocenters. The van der Waals surface area contributed by atoms with Crippen LogP contribution in [-0.2, 0) is 4.79 Å². The smallest absolute Gasteiger partial charge is 0.239 e. The first kappa shape index (κ1) is 14.2. The summed E-state index contributed by atoms with van der Waals surface area (Å²) >= 11 is 0. The van der Waals surface area contributed by atoms with Crippen LogP contribution in [0.4, 0.5) is 11.6 Å². The van der Waals surface area contributed by atoms with Gasteiger partial charge in [-0.1, -0.05) is 6.92 Å². The molecular formula is C12H21N5O. The van der Waals surface area contributed by atoms with Crippen LogP contribution in [0.3, 0.4) is 0 Å². The zero-order valence-corrected chi connectivity index (χ0v) is 11.2. The lowest BCUT2D eigenvalue weighted by atomic mass is 10.4. The monoisotopic (exact) mass is 251 g/mol. The van der Waals surface area contributed by atoms with Gasteiger partial charge in [-0.3, -0.25) is 4.79 Å². The van der Waals surface area contributed by atoms with Crippen molar-refractivity contribution in [2.75, 3.05) is 36.9 Å². The molecule has 0 saturated carbocycles. The maximum atomic E-state index is 11.4. The quantitative estimate of drug-likeness (QED) is 0.752. The van der Waals surface area contributed by atoms with E-state index in [9.17, 15) is 4.79 Å². The van der Waals surface area contributed by atoms with E-state index in [2.05, 4.69) is 27.5 Å². The van der Waals surface area contributed by atoms with E-state index in [4.69, 9.17) is 0 Å². The zero-order chi connectivity index (χ0) is 13.4. The molecule has 1 rings (SSSR count). The molecular weight excluding hydrogens is 230 g/mol. The van der Waals surface area contributed by atoms with Crippen molar-refractivity contribution in [1.29, 1.82) is 0 Å². The molecule has 0 saturated heterocycles. The van der Waals surface area contributed by atoms with E-state index in [-0.39, 0.29) is 5.91 Å². The minimum atomic E-state index is -0.0291. The zero-order valence-electron chi connectivity index (χ0n) is 11.2. The molecule has 0 atom stereocenters. The molecule has 0 bridgehead atoms. The number of rotatable bonds is 7. The number of aromatic nitrogens is 2. The summed E-state index contributed by atoms with van der Waals surface area (Å²) in [5.74, 6) is 1.52. The number of anilines is 2. The van der Waals surface area contributed by atoms with Crippen molar-refractivity contribution in [1.82, 2.24) is 15.3 Å². The number of hydrogen-bond acceptors (Lipinski definition) is 5. The van der Waals surface area contributed by atoms with E-state index in [1.54, 1.807) is 7.05 Å². The maximum absolute atomic E-state index is 11.4. The summed E-state index contributed by atoms with van der Waals surface area (Å²) in [5, 5.41) is 5.81. The number of carbonyl (C=O) groups is 1. The molecule has 1 aromatic rings. The second-order valence-electron chi connectivity index (χ2n) is 3.88. The summed E-state index contributed by atoms with van der Waals surface area (Å²) in [6.07, 6.45) is 2.55. The van der Waals surface area contributed by atoms with Crippen molar-refractivity contribution in [3.05, 3.63) is 12.4 Å². The van der Waals surface area contributed by atoms with Crippen LogP contribution in [0, 0.1) is 0 Å². The normalized spacial score (nSPS) is 9.94. The molecule has 6 heteroatoms. The number of hydrogen-bond donors (Lipinski definition) is 2. The van der Waals surface area contributed by atoms with Crippen molar-refractivity contribution in [2.24, 2.45) is 0 Å². The Morgan fingerprint density at radius 3 is 2.78 bits per heavy atom. The van der Waals surface area contributed by atoms with Gasteiger partial charge in [-0.2, -0.15) is 0 Å². The number of amides is 1. The lowest BCUT2D eigenvalue weighted by Gasteiger charge is -2.21. The van der Waals surface area contributed by atoms with Crippen molar-refractivity contribution in [3.63, 3.8) is 0 Å². The Bertz CT molecular complexity index is 382. The van der Waals surface area contributed by atoms with Crippen LogP contribution in [0.5, 0.6) is 0 Å². The standard InChI is InChI=1S/C12H21N5O/c1-4-6-14-10-7-11(16-9-15-10)17(5-2)8-12(18)13-3/h7,9H,4-6,8H2,1-3H3,(H,13,18)(H,14,15,16). The number of nitrogens with one attached hydrogen (secondary N) is 2. The molecule has 0 aliphatic heterocycles. The Kier molecular flexibility index (Phi) is 5.90. The fraction of sp³-hybridized carbons (Fsp3) is 0.583. The van der Waals surface area contributed by atoms with Gasteiger partial charge in [-0.15, -0.1) is 0 Å². The molecule has 0 aromatic carbocycles. The minimum absolute atomic E-state index is 0.0291. The molecule has 0 radical (unpaired) electrons. The highest BCUT2D eigenvalue weighted by atomic mass is 16.1. The third kappa shape index (κ3) is 4.20. The van der Waals surface area contributed by atoms with Gasteiger partial charge in [0, 0.05) is 26.2 Å². The fourth-order valence-corrected chi connectivity index (χ4v) is 1.48. The molecule has 0 fully saturated rings. The third-order valence-corrected chi connectivity index (χ3v) is 2.53. The van der Waals surface area contributed by atoms with E-state index in [1.165, 1.54) is 6.33 Å². The van der Waals surface area contributed by atoms with Gasteiger partial charge in [0.1, 0.15) is 18.0 Å². The van der Waals surface area contributed by atoms with Crippen molar-refractivity contribution in [3.8, 4) is 0 Å². The highest BCUT2D eigenvalue weighted by Crippen LogP contribution is 2.13. The van der Waals surface area contributed by atoms with E-state index in [0.717, 1.165) is 31.1 Å². The number of carbonyl (C=O) groups excluding carboxylic acids is 1. The van der Waals surface area contributed by atoms with Crippen molar-refractivity contribution in [2.45, 2.75) is 20.3 Å². The maximum Gasteiger partial charge on any atom is 0.239 e. The number of likely N-dealkylation sites (N-methyl/N-ethyl adjacent to an activating group) is 2. The van der Waals surface area contributed by atoms with E-state index in [0.29, 0.717) is 6.54 Å². The molecule has 0 spiro atoms. The van der Waals surface area contributed by atoms with E-state index >= 15 is 0 Å². The fourth-order valence-electron chi connectivity index (χ4n) is 1.48. The second kappa shape index (κ2) is 7.47. The van der Waals surface area contributed by atoms with Crippen molar-refractivity contribution < 1.29 is 4.79 Å². The lowest BCUT2D eigenvalue weighted by molar-refractivity contribution is -0.119. The minimum Gasteiger partial charge on any atom is -0.370 e. The molecule has 6 nitrogen and oxygen atoms in total. The van der Waals surface area contributed by atoms with Gasteiger partial charge in [0.2, 0.25) is 5.91 Å². The van der Waals surface area contributed by atoms with Gasteiger partial charge in [-0.25, -0.2) is 9.97 Å². The van der Waals surface area contributed by atoms with Gasteiger partial charge >= 0.3 is 0 Å². The summed E-state index contributed by atoms with van der Waals surface area (Å²) in [5.41, 5.74) is 0.